The molecule has 0 saturated heterocycles. The fourth-order valence-electron chi connectivity index (χ4n) is 3.74. The van der Waals surface area contributed by atoms with Gasteiger partial charge in [0.1, 0.15) is 11.6 Å². The van der Waals surface area contributed by atoms with E-state index >= 15 is 0 Å². The molecule has 4 aromatic rings. The number of halogens is 2. The maximum Gasteiger partial charge on any atom is 0.275 e. The van der Waals surface area contributed by atoms with E-state index in [1.54, 1.807) is 24.4 Å². The molecule has 0 aliphatic heterocycles. The van der Waals surface area contributed by atoms with Gasteiger partial charge in [0, 0.05) is 21.4 Å². The van der Waals surface area contributed by atoms with Crippen LogP contribution in [0.1, 0.15) is 27.3 Å². The number of ether oxygens (including phenoxy) is 1. The molecule has 1 amide bonds. The Morgan fingerprint density at radius 3 is 2.50 bits per heavy atom. The third-order valence-corrected chi connectivity index (χ3v) is 5.80. The lowest BCUT2D eigenvalue weighted by Gasteiger charge is -2.11. The van der Waals surface area contributed by atoms with Gasteiger partial charge >= 0.3 is 0 Å². The topological polar surface area (TPSA) is 55.6 Å². The van der Waals surface area contributed by atoms with Crippen LogP contribution in [0.4, 0.5) is 4.39 Å². The minimum Gasteiger partial charge on any atom is -0.496 e. The van der Waals surface area contributed by atoms with E-state index in [1.807, 2.05) is 54.8 Å². The van der Waals surface area contributed by atoms with Gasteiger partial charge in [-0.05, 0) is 61.0 Å². The van der Waals surface area contributed by atoms with Crippen molar-refractivity contribution in [1.29, 1.82) is 0 Å². The molecular formula is C25H21BrFN3O2. The van der Waals surface area contributed by atoms with E-state index in [4.69, 9.17) is 4.74 Å². The number of rotatable bonds is 5. The summed E-state index contributed by atoms with van der Waals surface area (Å²) < 4.78 is 22.4. The smallest absolute Gasteiger partial charge is 0.275 e. The first-order chi connectivity index (χ1) is 15.4. The summed E-state index contributed by atoms with van der Waals surface area (Å²) >= 11 is 3.28. The molecule has 0 atom stereocenters. The average Bonchev–Trinajstić information content (AvgIpc) is 3.06. The SMILES string of the molecule is COc1cc2ccccc2cc1C(=O)N/N=C\c1cc(C)n(-c2ccc(Br)cc2F)c1C. The molecule has 0 fully saturated rings. The van der Waals surface area contributed by atoms with Crippen LogP contribution in [0.2, 0.25) is 0 Å². The predicted molar refractivity (Wildman–Crippen MR) is 128 cm³/mol. The van der Waals surface area contributed by atoms with E-state index in [1.165, 1.54) is 13.2 Å². The second-order valence-electron chi connectivity index (χ2n) is 7.36. The van der Waals surface area contributed by atoms with Gasteiger partial charge in [0.05, 0.1) is 24.6 Å². The standard InChI is InChI=1S/C25H21BrFN3O2/c1-15-10-19(16(2)30(15)23-9-8-20(26)13-22(23)27)14-28-29-25(31)21-11-17-6-4-5-7-18(17)12-24(21)32-3/h4-14H,1-3H3,(H,29,31)/b28-14-. The molecule has 0 spiro atoms. The third-order valence-electron chi connectivity index (χ3n) is 5.30. The highest BCUT2D eigenvalue weighted by Crippen LogP contribution is 2.26. The van der Waals surface area contributed by atoms with Crippen molar-refractivity contribution in [3.05, 3.63) is 93.5 Å². The number of nitrogens with one attached hydrogen (secondary N) is 1. The molecule has 0 aliphatic rings. The average molecular weight is 494 g/mol. The summed E-state index contributed by atoms with van der Waals surface area (Å²) in [4.78, 5) is 12.7. The van der Waals surface area contributed by atoms with Crippen molar-refractivity contribution in [2.45, 2.75) is 13.8 Å². The molecule has 3 aromatic carbocycles. The number of amides is 1. The van der Waals surface area contributed by atoms with Crippen LogP contribution in [-0.2, 0) is 0 Å². The van der Waals surface area contributed by atoms with Gasteiger partial charge < -0.3 is 9.30 Å². The van der Waals surface area contributed by atoms with Crippen molar-refractivity contribution < 1.29 is 13.9 Å². The number of hydrogen-bond acceptors (Lipinski definition) is 3. The van der Waals surface area contributed by atoms with Crippen molar-refractivity contribution in [3.63, 3.8) is 0 Å². The zero-order chi connectivity index (χ0) is 22.8. The van der Waals surface area contributed by atoms with Crippen molar-refractivity contribution in [2.24, 2.45) is 5.10 Å². The Labute approximate surface area is 193 Å². The molecule has 162 valence electrons. The first-order valence-corrected chi connectivity index (χ1v) is 10.7. The lowest BCUT2D eigenvalue weighted by Crippen LogP contribution is -2.18. The highest BCUT2D eigenvalue weighted by Gasteiger charge is 2.15. The molecule has 1 heterocycles. The molecule has 4 rings (SSSR count). The molecule has 1 aromatic heterocycles. The Morgan fingerprint density at radius 1 is 1.09 bits per heavy atom. The minimum absolute atomic E-state index is 0.332. The van der Waals surface area contributed by atoms with E-state index in [9.17, 15) is 9.18 Å². The van der Waals surface area contributed by atoms with Gasteiger partial charge in [0.25, 0.3) is 5.91 Å². The second kappa shape index (κ2) is 8.96. The quantitative estimate of drug-likeness (QED) is 0.277. The lowest BCUT2D eigenvalue weighted by atomic mass is 10.1. The third kappa shape index (κ3) is 4.16. The number of methoxy groups -OCH3 is 1. The van der Waals surface area contributed by atoms with Gasteiger partial charge in [-0.15, -0.1) is 0 Å². The minimum atomic E-state index is -0.378. The Bertz CT molecular complexity index is 1360. The lowest BCUT2D eigenvalue weighted by molar-refractivity contribution is 0.0952. The number of nitrogens with zero attached hydrogens (tertiary/aromatic N) is 2. The summed E-state index contributed by atoms with van der Waals surface area (Å²) in [5.41, 5.74) is 5.85. The number of hydrogen-bond donors (Lipinski definition) is 1. The molecule has 0 bridgehead atoms. The molecule has 5 nitrogen and oxygen atoms in total. The van der Waals surface area contributed by atoms with Crippen molar-refractivity contribution in [2.75, 3.05) is 7.11 Å². The van der Waals surface area contributed by atoms with Gasteiger partial charge in [-0.1, -0.05) is 40.2 Å². The Hall–Kier alpha value is -3.45. The Morgan fingerprint density at radius 2 is 1.81 bits per heavy atom. The maximum atomic E-state index is 14.5. The van der Waals surface area contributed by atoms with Gasteiger partial charge in [0.15, 0.2) is 0 Å². The largest absolute Gasteiger partial charge is 0.496 e. The van der Waals surface area contributed by atoms with Crippen LogP contribution >= 0.6 is 15.9 Å². The fraction of sp³-hybridized carbons (Fsp3) is 0.120. The van der Waals surface area contributed by atoms with Crippen LogP contribution in [-0.4, -0.2) is 23.8 Å². The summed E-state index contributed by atoms with van der Waals surface area (Å²) in [5.74, 6) is -0.238. The maximum absolute atomic E-state index is 14.5. The molecule has 0 radical (unpaired) electrons. The van der Waals surface area contributed by atoms with Crippen LogP contribution in [0.15, 0.2) is 70.2 Å². The zero-order valence-corrected chi connectivity index (χ0v) is 19.4. The van der Waals surface area contributed by atoms with E-state index in [0.717, 1.165) is 27.7 Å². The summed E-state index contributed by atoms with van der Waals surface area (Å²) in [5, 5.41) is 6.04. The molecule has 0 unspecified atom stereocenters. The molecule has 1 N–H and O–H groups in total. The van der Waals surface area contributed by atoms with Crippen LogP contribution in [0, 0.1) is 19.7 Å². The normalized spacial score (nSPS) is 11.3. The van der Waals surface area contributed by atoms with Crippen LogP contribution in [0.3, 0.4) is 0 Å². The molecule has 32 heavy (non-hydrogen) atoms. The number of carbonyl (C=O) groups is 1. The van der Waals surface area contributed by atoms with Crippen LogP contribution < -0.4 is 10.2 Å². The van der Waals surface area contributed by atoms with E-state index in [0.29, 0.717) is 21.5 Å². The molecule has 7 heteroatoms. The van der Waals surface area contributed by atoms with Gasteiger partial charge in [-0.3, -0.25) is 4.79 Å². The Balaban J connectivity index is 1.59. The van der Waals surface area contributed by atoms with Crippen LogP contribution in [0.25, 0.3) is 16.5 Å². The molecule has 0 aliphatic carbocycles. The predicted octanol–water partition coefficient (Wildman–Crippen LogP) is 5.92. The number of aromatic nitrogens is 1. The monoisotopic (exact) mass is 493 g/mol. The van der Waals surface area contributed by atoms with E-state index in [-0.39, 0.29) is 11.7 Å². The summed E-state index contributed by atoms with van der Waals surface area (Å²) in [6.07, 6.45) is 1.56. The number of carbonyl (C=O) groups excluding carboxylic acids is 1. The number of fused-ring (bicyclic) bond motifs is 1. The second-order valence-corrected chi connectivity index (χ2v) is 8.27. The highest BCUT2D eigenvalue weighted by molar-refractivity contribution is 9.10. The Kier molecular flexibility index (Phi) is 6.10. The first kappa shape index (κ1) is 21.8. The summed E-state index contributed by atoms with van der Waals surface area (Å²) in [6.45, 7) is 3.77. The molecular weight excluding hydrogens is 473 g/mol. The fourth-order valence-corrected chi connectivity index (χ4v) is 4.07. The number of benzene rings is 3. The summed E-state index contributed by atoms with van der Waals surface area (Å²) in [6, 6.07) is 18.2. The van der Waals surface area contributed by atoms with Crippen molar-refractivity contribution in [3.8, 4) is 11.4 Å². The summed E-state index contributed by atoms with van der Waals surface area (Å²) in [7, 11) is 1.53. The van der Waals surface area contributed by atoms with E-state index in [2.05, 4.69) is 26.5 Å². The van der Waals surface area contributed by atoms with Crippen molar-refractivity contribution >= 4 is 38.8 Å². The van der Waals surface area contributed by atoms with Gasteiger partial charge in [0.2, 0.25) is 0 Å². The van der Waals surface area contributed by atoms with Gasteiger partial charge in [-0.2, -0.15) is 5.10 Å². The molecule has 0 saturated carbocycles. The first-order valence-electron chi connectivity index (χ1n) is 9.93. The number of aryl methyl sites for hydroxylation is 1. The zero-order valence-electron chi connectivity index (χ0n) is 17.8. The number of hydrazone groups is 1. The van der Waals surface area contributed by atoms with Gasteiger partial charge in [-0.25, -0.2) is 9.82 Å². The van der Waals surface area contributed by atoms with E-state index < -0.39 is 0 Å². The van der Waals surface area contributed by atoms with Crippen LogP contribution in [0.5, 0.6) is 5.75 Å². The van der Waals surface area contributed by atoms with Crippen molar-refractivity contribution in [1.82, 2.24) is 9.99 Å². The highest BCUT2D eigenvalue weighted by atomic mass is 79.9.